The van der Waals surface area contributed by atoms with Crippen molar-refractivity contribution in [3.05, 3.63) is 34.9 Å². The Bertz CT molecular complexity index is 447. The summed E-state index contributed by atoms with van der Waals surface area (Å²) in [4.78, 5) is 0. The van der Waals surface area contributed by atoms with Crippen molar-refractivity contribution in [1.29, 1.82) is 5.26 Å². The number of nitriles is 1. The van der Waals surface area contributed by atoms with Crippen LogP contribution in [-0.4, -0.2) is 5.60 Å². The van der Waals surface area contributed by atoms with Crippen molar-refractivity contribution in [2.75, 3.05) is 0 Å². The second-order valence-corrected chi connectivity index (χ2v) is 3.77. The molecule has 0 aliphatic carbocycles. The Labute approximate surface area is 87.4 Å². The standard InChI is InChI=1S/C11H8ClNO/c1-11(7-13)5-4-8-6-9(12)2-3-10(8)14-11/h2-6H,1H3. The largest absolute Gasteiger partial charge is 0.468 e. The summed E-state index contributed by atoms with van der Waals surface area (Å²) in [6.07, 6.45) is 3.58. The Kier molecular flexibility index (Phi) is 1.98. The number of hydrogen-bond donors (Lipinski definition) is 0. The summed E-state index contributed by atoms with van der Waals surface area (Å²) in [6, 6.07) is 7.43. The van der Waals surface area contributed by atoms with Crippen LogP contribution < -0.4 is 4.74 Å². The maximum absolute atomic E-state index is 8.88. The molecule has 0 amide bonds. The molecule has 0 fully saturated rings. The average Bonchev–Trinajstić information content (AvgIpc) is 2.19. The Morgan fingerprint density at radius 3 is 3.00 bits per heavy atom. The third-order valence-corrected chi connectivity index (χ3v) is 2.33. The highest BCUT2D eigenvalue weighted by molar-refractivity contribution is 6.30. The lowest BCUT2D eigenvalue weighted by atomic mass is 10.0. The molecule has 1 aromatic carbocycles. The second-order valence-electron chi connectivity index (χ2n) is 3.34. The quantitative estimate of drug-likeness (QED) is 0.652. The molecule has 1 heterocycles. The zero-order valence-electron chi connectivity index (χ0n) is 7.62. The van der Waals surface area contributed by atoms with E-state index in [9.17, 15) is 0 Å². The zero-order chi connectivity index (χ0) is 10.2. The summed E-state index contributed by atoms with van der Waals surface area (Å²) in [5.41, 5.74) is 0.0473. The van der Waals surface area contributed by atoms with Gasteiger partial charge in [-0.05, 0) is 31.2 Å². The van der Waals surface area contributed by atoms with Crippen molar-refractivity contribution >= 4 is 17.7 Å². The summed E-state index contributed by atoms with van der Waals surface area (Å²) in [5.74, 6) is 0.695. The van der Waals surface area contributed by atoms with Gasteiger partial charge in [0.15, 0.2) is 0 Å². The molecule has 70 valence electrons. The van der Waals surface area contributed by atoms with Gasteiger partial charge in [-0.1, -0.05) is 17.7 Å². The molecule has 0 bridgehead atoms. The SMILES string of the molecule is CC1(C#N)C=Cc2cc(Cl)ccc2O1. The fourth-order valence-corrected chi connectivity index (χ4v) is 1.49. The molecule has 0 radical (unpaired) electrons. The predicted molar refractivity (Wildman–Crippen MR) is 55.1 cm³/mol. The Hall–Kier alpha value is -1.46. The maximum atomic E-state index is 8.88. The first-order valence-corrected chi connectivity index (χ1v) is 4.60. The van der Waals surface area contributed by atoms with Gasteiger partial charge in [-0.2, -0.15) is 5.26 Å². The number of ether oxygens (including phenoxy) is 1. The van der Waals surface area contributed by atoms with E-state index < -0.39 is 5.60 Å². The smallest absolute Gasteiger partial charge is 0.210 e. The van der Waals surface area contributed by atoms with Gasteiger partial charge in [0.25, 0.3) is 0 Å². The highest BCUT2D eigenvalue weighted by atomic mass is 35.5. The first-order chi connectivity index (χ1) is 6.63. The lowest BCUT2D eigenvalue weighted by Gasteiger charge is -2.24. The van der Waals surface area contributed by atoms with Crippen LogP contribution in [0.1, 0.15) is 12.5 Å². The Morgan fingerprint density at radius 2 is 2.29 bits per heavy atom. The van der Waals surface area contributed by atoms with Crippen molar-refractivity contribution in [1.82, 2.24) is 0 Å². The van der Waals surface area contributed by atoms with E-state index >= 15 is 0 Å². The van der Waals surface area contributed by atoms with E-state index in [-0.39, 0.29) is 0 Å². The first kappa shape index (κ1) is 9.11. The number of fused-ring (bicyclic) bond motifs is 1. The van der Waals surface area contributed by atoms with Gasteiger partial charge >= 0.3 is 0 Å². The van der Waals surface area contributed by atoms with Gasteiger partial charge in [-0.3, -0.25) is 0 Å². The lowest BCUT2D eigenvalue weighted by molar-refractivity contribution is 0.197. The number of rotatable bonds is 0. The predicted octanol–water partition coefficient (Wildman–Crippen LogP) is 3.03. The van der Waals surface area contributed by atoms with E-state index in [2.05, 4.69) is 6.07 Å². The number of halogens is 1. The molecule has 2 nitrogen and oxygen atoms in total. The van der Waals surface area contributed by atoms with Gasteiger partial charge in [0.05, 0.1) is 0 Å². The van der Waals surface area contributed by atoms with Crippen LogP contribution in [-0.2, 0) is 0 Å². The van der Waals surface area contributed by atoms with E-state index in [1.807, 2.05) is 12.1 Å². The van der Waals surface area contributed by atoms with E-state index in [0.29, 0.717) is 10.8 Å². The molecule has 0 saturated carbocycles. The second kappa shape index (κ2) is 3.04. The van der Waals surface area contributed by atoms with E-state index in [1.165, 1.54) is 0 Å². The highest BCUT2D eigenvalue weighted by Gasteiger charge is 2.26. The molecule has 1 unspecified atom stereocenters. The molecule has 1 aliphatic rings. The fraction of sp³-hybridized carbons (Fsp3) is 0.182. The maximum Gasteiger partial charge on any atom is 0.210 e. The monoisotopic (exact) mass is 205 g/mol. The van der Waals surface area contributed by atoms with E-state index in [1.54, 1.807) is 25.1 Å². The van der Waals surface area contributed by atoms with Crippen LogP contribution in [0.15, 0.2) is 24.3 Å². The Balaban J connectivity index is 2.47. The van der Waals surface area contributed by atoms with E-state index in [4.69, 9.17) is 21.6 Å². The average molecular weight is 206 g/mol. The van der Waals surface area contributed by atoms with Crippen molar-refractivity contribution in [2.24, 2.45) is 0 Å². The molecule has 2 rings (SSSR count). The van der Waals surface area contributed by atoms with Crippen molar-refractivity contribution in [3.8, 4) is 11.8 Å². The molecule has 1 atom stereocenters. The molecule has 0 saturated heterocycles. The van der Waals surface area contributed by atoms with Crippen molar-refractivity contribution in [3.63, 3.8) is 0 Å². The lowest BCUT2D eigenvalue weighted by Crippen LogP contribution is -2.29. The molecule has 3 heteroatoms. The van der Waals surface area contributed by atoms with Gasteiger partial charge in [0, 0.05) is 10.6 Å². The fourth-order valence-electron chi connectivity index (χ4n) is 1.31. The van der Waals surface area contributed by atoms with Gasteiger partial charge in [-0.25, -0.2) is 0 Å². The van der Waals surface area contributed by atoms with Gasteiger partial charge in [0.2, 0.25) is 5.60 Å². The van der Waals surface area contributed by atoms with Crippen LogP contribution in [0.25, 0.3) is 6.08 Å². The van der Waals surface area contributed by atoms with Gasteiger partial charge < -0.3 is 4.74 Å². The van der Waals surface area contributed by atoms with E-state index in [0.717, 1.165) is 5.56 Å². The third-order valence-electron chi connectivity index (χ3n) is 2.10. The molecule has 0 spiro atoms. The van der Waals surface area contributed by atoms with Crippen LogP contribution in [0, 0.1) is 11.3 Å². The van der Waals surface area contributed by atoms with Crippen LogP contribution in [0.5, 0.6) is 5.75 Å². The summed E-state index contributed by atoms with van der Waals surface area (Å²) in [7, 11) is 0. The summed E-state index contributed by atoms with van der Waals surface area (Å²) in [6.45, 7) is 1.72. The van der Waals surface area contributed by atoms with Crippen molar-refractivity contribution < 1.29 is 4.74 Å². The minimum Gasteiger partial charge on any atom is -0.468 e. The van der Waals surface area contributed by atoms with Gasteiger partial charge in [-0.15, -0.1) is 0 Å². The van der Waals surface area contributed by atoms with Gasteiger partial charge in [0.1, 0.15) is 11.8 Å². The summed E-state index contributed by atoms with van der Waals surface area (Å²) in [5, 5.41) is 9.54. The molecule has 1 aliphatic heterocycles. The van der Waals surface area contributed by atoms with Crippen LogP contribution in [0.2, 0.25) is 5.02 Å². The number of hydrogen-bond acceptors (Lipinski definition) is 2. The molecule has 0 aromatic heterocycles. The first-order valence-electron chi connectivity index (χ1n) is 4.22. The minimum atomic E-state index is -0.860. The molecular weight excluding hydrogens is 198 g/mol. The molecule has 0 N–H and O–H groups in total. The highest BCUT2D eigenvalue weighted by Crippen LogP contribution is 2.32. The Morgan fingerprint density at radius 1 is 1.50 bits per heavy atom. The van der Waals surface area contributed by atoms with Crippen LogP contribution in [0.3, 0.4) is 0 Å². The zero-order valence-corrected chi connectivity index (χ0v) is 8.38. The number of benzene rings is 1. The van der Waals surface area contributed by atoms with Crippen LogP contribution in [0.4, 0.5) is 0 Å². The summed E-state index contributed by atoms with van der Waals surface area (Å²) >= 11 is 5.83. The number of nitrogens with zero attached hydrogens (tertiary/aromatic N) is 1. The van der Waals surface area contributed by atoms with Crippen LogP contribution >= 0.6 is 11.6 Å². The third kappa shape index (κ3) is 1.47. The molecular formula is C11H8ClNO. The summed E-state index contributed by atoms with van der Waals surface area (Å²) < 4.78 is 5.52. The minimum absolute atomic E-state index is 0.664. The molecule has 14 heavy (non-hydrogen) atoms. The van der Waals surface area contributed by atoms with Crippen molar-refractivity contribution in [2.45, 2.75) is 12.5 Å². The normalized spacial score (nSPS) is 23.5. The topological polar surface area (TPSA) is 33.0 Å². The molecule has 1 aromatic rings.